The van der Waals surface area contributed by atoms with Crippen molar-refractivity contribution in [1.82, 2.24) is 4.98 Å². The first-order chi connectivity index (χ1) is 11.2. The highest BCUT2D eigenvalue weighted by Crippen LogP contribution is 2.22. The summed E-state index contributed by atoms with van der Waals surface area (Å²) >= 11 is 0. The molecule has 0 aliphatic rings. The van der Waals surface area contributed by atoms with Crippen molar-refractivity contribution in [3.05, 3.63) is 59.8 Å². The monoisotopic (exact) mass is 308 g/mol. The van der Waals surface area contributed by atoms with Crippen molar-refractivity contribution < 1.29 is 9.53 Å². The quantitative estimate of drug-likeness (QED) is 0.747. The second-order valence-corrected chi connectivity index (χ2v) is 5.59. The molecule has 4 nitrogen and oxygen atoms in total. The number of fused-ring (bicyclic) bond motifs is 1. The van der Waals surface area contributed by atoms with Crippen LogP contribution in [0, 0.1) is 6.92 Å². The van der Waals surface area contributed by atoms with Gasteiger partial charge in [-0.1, -0.05) is 12.1 Å². The molecule has 0 spiro atoms. The second kappa shape index (κ2) is 6.57. The summed E-state index contributed by atoms with van der Waals surface area (Å²) < 4.78 is 5.18. The van der Waals surface area contributed by atoms with Crippen LogP contribution >= 0.6 is 0 Å². The highest BCUT2D eigenvalue weighted by Gasteiger charge is 2.08. The van der Waals surface area contributed by atoms with Crippen molar-refractivity contribution >= 4 is 22.5 Å². The van der Waals surface area contributed by atoms with E-state index in [0.29, 0.717) is 6.42 Å². The first kappa shape index (κ1) is 15.2. The molecule has 0 unspecified atom stereocenters. The molecule has 1 heterocycles. The van der Waals surface area contributed by atoms with Crippen LogP contribution in [0.4, 0.5) is 5.69 Å². The van der Waals surface area contributed by atoms with Gasteiger partial charge in [-0.05, 0) is 54.8 Å². The van der Waals surface area contributed by atoms with Crippen LogP contribution in [-0.4, -0.2) is 18.0 Å². The topological polar surface area (TPSA) is 54.1 Å². The maximum Gasteiger partial charge on any atom is 0.224 e. The SMILES string of the molecule is COc1ccc(NC(=O)CCc2cccc3[nH]ccc23)c(C)c1. The first-order valence-corrected chi connectivity index (χ1v) is 7.67. The molecule has 3 aromatic rings. The Hall–Kier alpha value is -2.75. The van der Waals surface area contributed by atoms with Gasteiger partial charge >= 0.3 is 0 Å². The predicted molar refractivity (Wildman–Crippen MR) is 93.0 cm³/mol. The maximum atomic E-state index is 12.2. The van der Waals surface area contributed by atoms with Crippen LogP contribution < -0.4 is 10.1 Å². The zero-order valence-electron chi connectivity index (χ0n) is 13.3. The van der Waals surface area contributed by atoms with Crippen LogP contribution in [0.5, 0.6) is 5.75 Å². The van der Waals surface area contributed by atoms with Gasteiger partial charge in [0.05, 0.1) is 7.11 Å². The van der Waals surface area contributed by atoms with Crippen molar-refractivity contribution in [1.29, 1.82) is 0 Å². The lowest BCUT2D eigenvalue weighted by Gasteiger charge is -2.10. The summed E-state index contributed by atoms with van der Waals surface area (Å²) in [5, 5.41) is 4.15. The first-order valence-electron chi connectivity index (χ1n) is 7.67. The number of hydrogen-bond acceptors (Lipinski definition) is 2. The number of rotatable bonds is 5. The van der Waals surface area contributed by atoms with Gasteiger partial charge < -0.3 is 15.0 Å². The molecule has 0 saturated carbocycles. The number of aromatic amines is 1. The number of carbonyl (C=O) groups is 1. The number of methoxy groups -OCH3 is 1. The van der Waals surface area contributed by atoms with Gasteiger partial charge in [0.25, 0.3) is 0 Å². The minimum atomic E-state index is 0.0193. The molecular weight excluding hydrogens is 288 g/mol. The predicted octanol–water partition coefficient (Wildman–Crippen LogP) is 4.06. The van der Waals surface area contributed by atoms with Gasteiger partial charge in [-0.3, -0.25) is 4.79 Å². The molecule has 0 bridgehead atoms. The largest absolute Gasteiger partial charge is 0.497 e. The second-order valence-electron chi connectivity index (χ2n) is 5.59. The molecule has 1 aromatic heterocycles. The van der Waals surface area contributed by atoms with Crippen molar-refractivity contribution in [3.63, 3.8) is 0 Å². The van der Waals surface area contributed by atoms with Crippen LogP contribution in [0.1, 0.15) is 17.5 Å². The van der Waals surface area contributed by atoms with Gasteiger partial charge in [0.15, 0.2) is 0 Å². The van der Waals surface area contributed by atoms with Crippen molar-refractivity contribution in [2.24, 2.45) is 0 Å². The highest BCUT2D eigenvalue weighted by atomic mass is 16.5. The van der Waals surface area contributed by atoms with E-state index in [1.165, 1.54) is 10.9 Å². The third kappa shape index (κ3) is 3.37. The Kier molecular flexibility index (Phi) is 4.33. The van der Waals surface area contributed by atoms with E-state index in [1.807, 2.05) is 43.5 Å². The molecule has 0 aliphatic heterocycles. The third-order valence-corrected chi connectivity index (χ3v) is 4.01. The summed E-state index contributed by atoms with van der Waals surface area (Å²) in [6, 6.07) is 13.8. The Balaban J connectivity index is 1.65. The minimum absolute atomic E-state index is 0.0193. The van der Waals surface area contributed by atoms with E-state index < -0.39 is 0 Å². The fourth-order valence-electron chi connectivity index (χ4n) is 2.73. The summed E-state index contributed by atoms with van der Waals surface area (Å²) in [5.41, 5.74) is 4.11. The van der Waals surface area contributed by atoms with Crippen LogP contribution in [0.15, 0.2) is 48.7 Å². The number of benzene rings is 2. The summed E-state index contributed by atoms with van der Waals surface area (Å²) in [5.74, 6) is 0.811. The Morgan fingerprint density at radius 2 is 2.09 bits per heavy atom. The average Bonchev–Trinajstić information content (AvgIpc) is 3.04. The lowest BCUT2D eigenvalue weighted by molar-refractivity contribution is -0.116. The highest BCUT2D eigenvalue weighted by molar-refractivity contribution is 5.92. The molecule has 1 amide bonds. The third-order valence-electron chi connectivity index (χ3n) is 4.01. The van der Waals surface area contributed by atoms with Crippen molar-refractivity contribution in [2.45, 2.75) is 19.8 Å². The standard InChI is InChI=1S/C19H20N2O2/c1-13-12-15(23-2)7-8-17(13)21-19(22)9-6-14-4-3-5-18-16(14)10-11-20-18/h3-5,7-8,10-12,20H,6,9H2,1-2H3,(H,21,22). The Morgan fingerprint density at radius 1 is 1.22 bits per heavy atom. The number of H-pyrrole nitrogens is 1. The summed E-state index contributed by atoms with van der Waals surface area (Å²) in [4.78, 5) is 15.4. The molecular formula is C19H20N2O2. The number of anilines is 1. The smallest absolute Gasteiger partial charge is 0.224 e. The molecule has 0 radical (unpaired) electrons. The molecule has 0 saturated heterocycles. The van der Waals surface area contributed by atoms with Gasteiger partial charge in [-0.2, -0.15) is 0 Å². The maximum absolute atomic E-state index is 12.2. The zero-order valence-corrected chi connectivity index (χ0v) is 13.3. The van der Waals surface area contributed by atoms with Crippen LogP contribution in [0.3, 0.4) is 0 Å². The average molecular weight is 308 g/mol. The molecule has 0 aliphatic carbocycles. The van der Waals surface area contributed by atoms with Crippen molar-refractivity contribution in [3.8, 4) is 5.75 Å². The van der Waals surface area contributed by atoms with Gasteiger partial charge in [0.1, 0.15) is 5.75 Å². The summed E-state index contributed by atoms with van der Waals surface area (Å²) in [6.07, 6.45) is 3.10. The van der Waals surface area contributed by atoms with Crippen molar-refractivity contribution in [2.75, 3.05) is 12.4 Å². The molecule has 2 aromatic carbocycles. The van der Waals surface area contributed by atoms with Gasteiger partial charge in [-0.25, -0.2) is 0 Å². The van der Waals surface area contributed by atoms with E-state index in [2.05, 4.69) is 22.4 Å². The van der Waals surface area contributed by atoms with E-state index in [1.54, 1.807) is 7.11 Å². The lowest BCUT2D eigenvalue weighted by Crippen LogP contribution is -2.13. The Bertz CT molecular complexity index is 836. The minimum Gasteiger partial charge on any atom is -0.497 e. The fraction of sp³-hybridized carbons (Fsp3) is 0.211. The molecule has 2 N–H and O–H groups in total. The van der Waals surface area contributed by atoms with Crippen LogP contribution in [0.2, 0.25) is 0 Å². The molecule has 0 fully saturated rings. The van der Waals surface area contributed by atoms with E-state index in [0.717, 1.165) is 28.9 Å². The molecule has 4 heteroatoms. The number of aromatic nitrogens is 1. The Labute approximate surface area is 135 Å². The van der Waals surface area contributed by atoms with E-state index in [4.69, 9.17) is 4.74 Å². The normalized spacial score (nSPS) is 10.7. The number of amides is 1. The molecule has 3 rings (SSSR count). The summed E-state index contributed by atoms with van der Waals surface area (Å²) in [7, 11) is 1.63. The van der Waals surface area contributed by atoms with E-state index >= 15 is 0 Å². The fourth-order valence-corrected chi connectivity index (χ4v) is 2.73. The molecule has 23 heavy (non-hydrogen) atoms. The number of hydrogen-bond donors (Lipinski definition) is 2. The van der Waals surface area contributed by atoms with Gasteiger partial charge in [-0.15, -0.1) is 0 Å². The van der Waals surface area contributed by atoms with E-state index in [-0.39, 0.29) is 5.91 Å². The number of carbonyl (C=O) groups excluding carboxylic acids is 1. The lowest BCUT2D eigenvalue weighted by atomic mass is 10.0. The van der Waals surface area contributed by atoms with Gasteiger partial charge in [0, 0.05) is 29.2 Å². The van der Waals surface area contributed by atoms with Gasteiger partial charge in [0.2, 0.25) is 5.91 Å². The number of ether oxygens (including phenoxy) is 1. The zero-order chi connectivity index (χ0) is 16.2. The molecule has 0 atom stereocenters. The number of nitrogens with one attached hydrogen (secondary N) is 2. The number of aryl methyl sites for hydroxylation is 2. The summed E-state index contributed by atoms with van der Waals surface area (Å²) in [6.45, 7) is 1.96. The van der Waals surface area contributed by atoms with Crippen LogP contribution in [0.25, 0.3) is 10.9 Å². The molecule has 118 valence electrons. The van der Waals surface area contributed by atoms with E-state index in [9.17, 15) is 4.79 Å². The Morgan fingerprint density at radius 3 is 2.87 bits per heavy atom. The van der Waals surface area contributed by atoms with Crippen LogP contribution in [-0.2, 0) is 11.2 Å².